The summed E-state index contributed by atoms with van der Waals surface area (Å²) in [6, 6.07) is 18.1. The highest BCUT2D eigenvalue weighted by Gasteiger charge is 2.27. The molecule has 3 rings (SSSR count). The van der Waals surface area contributed by atoms with Gasteiger partial charge >= 0.3 is 0 Å². The molecule has 1 unspecified atom stereocenters. The standard InChI is InChI=1S/C24H28/c1-4-5-11-20-12-8-15-23(20)24(21-13-6-9-18(2)16-21)22-14-7-10-19(3)17-22/h6-10,12-17,23-24H,4-5,11H2,1-3H3. The van der Waals surface area contributed by atoms with E-state index in [1.54, 1.807) is 5.57 Å². The Labute approximate surface area is 146 Å². The van der Waals surface area contributed by atoms with E-state index in [2.05, 4.69) is 87.5 Å². The fourth-order valence-corrected chi connectivity index (χ4v) is 3.82. The summed E-state index contributed by atoms with van der Waals surface area (Å²) in [5.41, 5.74) is 7.13. The van der Waals surface area contributed by atoms with Crippen molar-refractivity contribution in [2.75, 3.05) is 0 Å². The van der Waals surface area contributed by atoms with Crippen molar-refractivity contribution in [2.24, 2.45) is 5.92 Å². The van der Waals surface area contributed by atoms with Crippen molar-refractivity contribution >= 4 is 0 Å². The first-order valence-electron chi connectivity index (χ1n) is 9.19. The number of hydrogen-bond donors (Lipinski definition) is 0. The number of rotatable bonds is 6. The van der Waals surface area contributed by atoms with Crippen LogP contribution in [0.1, 0.15) is 54.4 Å². The zero-order valence-corrected chi connectivity index (χ0v) is 15.1. The van der Waals surface area contributed by atoms with Gasteiger partial charge in [0.05, 0.1) is 0 Å². The molecule has 0 N–H and O–H groups in total. The van der Waals surface area contributed by atoms with E-state index in [9.17, 15) is 0 Å². The van der Waals surface area contributed by atoms with E-state index < -0.39 is 0 Å². The van der Waals surface area contributed by atoms with Crippen LogP contribution in [0.25, 0.3) is 0 Å². The van der Waals surface area contributed by atoms with Gasteiger partial charge in [-0.15, -0.1) is 0 Å². The molecular formula is C24H28. The van der Waals surface area contributed by atoms with E-state index in [0.29, 0.717) is 11.8 Å². The molecule has 0 aromatic heterocycles. The molecule has 0 heteroatoms. The van der Waals surface area contributed by atoms with Gasteiger partial charge in [-0.3, -0.25) is 0 Å². The second-order valence-corrected chi connectivity index (χ2v) is 7.06. The largest absolute Gasteiger partial charge is 0.0764 e. The minimum atomic E-state index is 0.409. The van der Waals surface area contributed by atoms with Gasteiger partial charge in [0.2, 0.25) is 0 Å². The number of benzene rings is 2. The summed E-state index contributed by atoms with van der Waals surface area (Å²) in [6.07, 6.45) is 10.7. The van der Waals surface area contributed by atoms with Gasteiger partial charge in [0.15, 0.2) is 0 Å². The summed E-state index contributed by atoms with van der Waals surface area (Å²) in [4.78, 5) is 0. The first-order valence-corrected chi connectivity index (χ1v) is 9.19. The van der Waals surface area contributed by atoms with Gasteiger partial charge in [-0.1, -0.05) is 96.8 Å². The van der Waals surface area contributed by atoms with Crippen molar-refractivity contribution in [3.8, 4) is 0 Å². The maximum absolute atomic E-state index is 2.40. The first kappa shape index (κ1) is 16.8. The third-order valence-corrected chi connectivity index (χ3v) is 5.04. The molecule has 0 amide bonds. The molecular weight excluding hydrogens is 288 g/mol. The number of allylic oxidation sites excluding steroid dienone is 4. The molecule has 0 nitrogen and oxygen atoms in total. The quantitative estimate of drug-likeness (QED) is 0.553. The average Bonchev–Trinajstić information content (AvgIpc) is 3.01. The van der Waals surface area contributed by atoms with Crippen molar-refractivity contribution < 1.29 is 0 Å². The molecule has 1 aliphatic carbocycles. The molecule has 0 saturated heterocycles. The summed E-state index contributed by atoms with van der Waals surface area (Å²) in [5.74, 6) is 0.895. The van der Waals surface area contributed by atoms with Gasteiger partial charge in [-0.05, 0) is 37.8 Å². The van der Waals surface area contributed by atoms with Gasteiger partial charge in [0.1, 0.15) is 0 Å². The fraction of sp³-hybridized carbons (Fsp3) is 0.333. The summed E-state index contributed by atoms with van der Waals surface area (Å²) in [7, 11) is 0. The van der Waals surface area contributed by atoms with Crippen LogP contribution in [0.4, 0.5) is 0 Å². The van der Waals surface area contributed by atoms with Crippen molar-refractivity contribution in [3.05, 3.63) is 94.6 Å². The Hall–Kier alpha value is -2.08. The van der Waals surface area contributed by atoms with Crippen LogP contribution in [0.15, 0.2) is 72.3 Å². The maximum Gasteiger partial charge on any atom is 0.0190 e. The van der Waals surface area contributed by atoms with E-state index in [1.807, 2.05) is 0 Å². The molecule has 0 saturated carbocycles. The predicted molar refractivity (Wildman–Crippen MR) is 104 cm³/mol. The lowest BCUT2D eigenvalue weighted by Gasteiger charge is -2.27. The van der Waals surface area contributed by atoms with E-state index in [0.717, 1.165) is 0 Å². The lowest BCUT2D eigenvalue weighted by Crippen LogP contribution is -2.14. The third-order valence-electron chi connectivity index (χ3n) is 5.04. The highest BCUT2D eigenvalue weighted by molar-refractivity contribution is 5.43. The number of unbranched alkanes of at least 4 members (excludes halogenated alkanes) is 1. The van der Waals surface area contributed by atoms with Gasteiger partial charge in [-0.2, -0.15) is 0 Å². The first-order chi connectivity index (χ1) is 11.7. The SMILES string of the molecule is CCCCC1=CC=CC1C(c1cccc(C)c1)c1cccc(C)c1. The number of aryl methyl sites for hydroxylation is 2. The Kier molecular flexibility index (Phi) is 5.35. The van der Waals surface area contributed by atoms with Crippen LogP contribution in [0.3, 0.4) is 0 Å². The van der Waals surface area contributed by atoms with Gasteiger partial charge in [0.25, 0.3) is 0 Å². The maximum atomic E-state index is 2.40. The topological polar surface area (TPSA) is 0 Å². The normalized spacial score (nSPS) is 16.7. The van der Waals surface area contributed by atoms with E-state index in [-0.39, 0.29) is 0 Å². The lowest BCUT2D eigenvalue weighted by molar-refractivity contribution is 0.615. The van der Waals surface area contributed by atoms with Crippen molar-refractivity contribution in [3.63, 3.8) is 0 Å². The zero-order chi connectivity index (χ0) is 16.9. The summed E-state index contributed by atoms with van der Waals surface area (Å²) >= 11 is 0. The molecule has 2 aromatic rings. The molecule has 0 heterocycles. The Balaban J connectivity index is 2.02. The Morgan fingerprint density at radius 1 is 0.917 bits per heavy atom. The molecule has 1 atom stereocenters. The minimum absolute atomic E-state index is 0.409. The summed E-state index contributed by atoms with van der Waals surface area (Å²) in [5, 5.41) is 0. The van der Waals surface area contributed by atoms with Gasteiger partial charge in [-0.25, -0.2) is 0 Å². The molecule has 124 valence electrons. The average molecular weight is 316 g/mol. The minimum Gasteiger partial charge on any atom is -0.0764 e. The van der Waals surface area contributed by atoms with Gasteiger partial charge < -0.3 is 0 Å². The van der Waals surface area contributed by atoms with Crippen molar-refractivity contribution in [2.45, 2.75) is 46.0 Å². The van der Waals surface area contributed by atoms with Crippen molar-refractivity contribution in [1.82, 2.24) is 0 Å². The fourth-order valence-electron chi connectivity index (χ4n) is 3.82. The van der Waals surface area contributed by atoms with Crippen LogP contribution >= 0.6 is 0 Å². The molecule has 2 aromatic carbocycles. The highest BCUT2D eigenvalue weighted by atomic mass is 14.3. The Bertz CT molecular complexity index is 703. The number of hydrogen-bond acceptors (Lipinski definition) is 0. The molecule has 0 spiro atoms. The van der Waals surface area contributed by atoms with Crippen LogP contribution in [0.2, 0.25) is 0 Å². The van der Waals surface area contributed by atoms with Crippen molar-refractivity contribution in [1.29, 1.82) is 0 Å². The summed E-state index contributed by atoms with van der Waals surface area (Å²) < 4.78 is 0. The van der Waals surface area contributed by atoms with Crippen LogP contribution < -0.4 is 0 Å². The lowest BCUT2D eigenvalue weighted by atomic mass is 9.76. The highest BCUT2D eigenvalue weighted by Crippen LogP contribution is 2.41. The molecule has 24 heavy (non-hydrogen) atoms. The summed E-state index contributed by atoms with van der Waals surface area (Å²) in [6.45, 7) is 6.65. The molecule has 0 aliphatic heterocycles. The second kappa shape index (κ2) is 7.66. The Morgan fingerprint density at radius 3 is 2.08 bits per heavy atom. The van der Waals surface area contributed by atoms with Crippen LogP contribution in [0, 0.1) is 19.8 Å². The smallest absolute Gasteiger partial charge is 0.0190 e. The molecule has 0 bridgehead atoms. The van der Waals surface area contributed by atoms with E-state index in [1.165, 1.54) is 41.5 Å². The second-order valence-electron chi connectivity index (χ2n) is 7.06. The predicted octanol–water partition coefficient (Wildman–Crippen LogP) is 6.74. The van der Waals surface area contributed by atoms with E-state index >= 15 is 0 Å². The Morgan fingerprint density at radius 2 is 1.54 bits per heavy atom. The molecule has 1 aliphatic rings. The van der Waals surface area contributed by atoms with Crippen LogP contribution in [-0.2, 0) is 0 Å². The third kappa shape index (κ3) is 3.70. The van der Waals surface area contributed by atoms with E-state index in [4.69, 9.17) is 0 Å². The molecule has 0 fully saturated rings. The molecule has 0 radical (unpaired) electrons. The van der Waals surface area contributed by atoms with Crippen LogP contribution in [-0.4, -0.2) is 0 Å². The van der Waals surface area contributed by atoms with Crippen LogP contribution in [0.5, 0.6) is 0 Å². The zero-order valence-electron chi connectivity index (χ0n) is 15.1. The monoisotopic (exact) mass is 316 g/mol. The van der Waals surface area contributed by atoms with Gasteiger partial charge in [0, 0.05) is 11.8 Å².